The second-order valence-corrected chi connectivity index (χ2v) is 4.43. The zero-order valence-corrected chi connectivity index (χ0v) is 10.6. The van der Waals surface area contributed by atoms with Gasteiger partial charge in [-0.15, -0.1) is 0 Å². The molecule has 0 radical (unpaired) electrons. The number of anilines is 1. The summed E-state index contributed by atoms with van der Waals surface area (Å²) in [6.45, 7) is 4.98. The zero-order chi connectivity index (χ0) is 11.3. The van der Waals surface area contributed by atoms with Crippen molar-refractivity contribution in [1.82, 2.24) is 9.97 Å². The number of aryl methyl sites for hydroxylation is 1. The molecule has 2 N–H and O–H groups in total. The zero-order valence-electron chi connectivity index (χ0n) is 9.00. The molecule has 0 bridgehead atoms. The van der Waals surface area contributed by atoms with Crippen molar-refractivity contribution in [3.05, 3.63) is 16.5 Å². The highest BCUT2D eigenvalue weighted by molar-refractivity contribution is 9.10. The van der Waals surface area contributed by atoms with Gasteiger partial charge in [0.25, 0.3) is 0 Å². The fraction of sp³-hybridized carbons (Fsp3) is 0.600. The molecule has 1 aromatic heterocycles. The van der Waals surface area contributed by atoms with Crippen molar-refractivity contribution in [1.29, 1.82) is 0 Å². The van der Waals surface area contributed by atoms with E-state index in [-0.39, 0.29) is 6.61 Å². The van der Waals surface area contributed by atoms with Crippen LogP contribution >= 0.6 is 15.9 Å². The van der Waals surface area contributed by atoms with Gasteiger partial charge in [-0.05, 0) is 35.2 Å². The monoisotopic (exact) mass is 273 g/mol. The average Bonchev–Trinajstić information content (AvgIpc) is 2.14. The Balaban J connectivity index is 2.50. The molecule has 1 heterocycles. The molecule has 0 spiro atoms. The minimum absolute atomic E-state index is 0.231. The number of hydrogen-bond acceptors (Lipinski definition) is 4. The summed E-state index contributed by atoms with van der Waals surface area (Å²) in [6.07, 6.45) is 0.804. The molecule has 0 aliphatic rings. The summed E-state index contributed by atoms with van der Waals surface area (Å²) in [6, 6.07) is 1.85. The standard InChI is InChI=1S/C10H16BrN3O/c1-7(3-4-15)6-12-10-5-9(11)13-8(2)14-10/h5,7,15H,3-4,6H2,1-2H3,(H,12,13,14). The summed E-state index contributed by atoms with van der Waals surface area (Å²) < 4.78 is 0.785. The summed E-state index contributed by atoms with van der Waals surface area (Å²) in [5.41, 5.74) is 0. The molecule has 0 aromatic carbocycles. The Labute approximate surface area is 98.3 Å². The Hall–Kier alpha value is -0.680. The van der Waals surface area contributed by atoms with Crippen LogP contribution in [0, 0.1) is 12.8 Å². The van der Waals surface area contributed by atoms with Gasteiger partial charge in [0.05, 0.1) is 0 Å². The molecule has 0 aliphatic heterocycles. The smallest absolute Gasteiger partial charge is 0.130 e. The molecule has 15 heavy (non-hydrogen) atoms. The third-order valence-electron chi connectivity index (χ3n) is 2.06. The van der Waals surface area contributed by atoms with Gasteiger partial charge in [0.1, 0.15) is 16.2 Å². The number of nitrogens with one attached hydrogen (secondary N) is 1. The molecule has 1 unspecified atom stereocenters. The molecular weight excluding hydrogens is 258 g/mol. The first kappa shape index (κ1) is 12.4. The molecule has 1 atom stereocenters. The third-order valence-corrected chi connectivity index (χ3v) is 2.47. The lowest BCUT2D eigenvalue weighted by molar-refractivity contribution is 0.266. The lowest BCUT2D eigenvalue weighted by Gasteiger charge is -2.11. The van der Waals surface area contributed by atoms with Crippen LogP contribution < -0.4 is 5.32 Å². The van der Waals surface area contributed by atoms with Gasteiger partial charge in [-0.25, -0.2) is 9.97 Å². The van der Waals surface area contributed by atoms with Gasteiger partial charge in [0, 0.05) is 19.2 Å². The number of nitrogens with zero attached hydrogens (tertiary/aromatic N) is 2. The number of hydrogen-bond donors (Lipinski definition) is 2. The molecule has 1 aromatic rings. The van der Waals surface area contributed by atoms with Crippen molar-refractivity contribution < 1.29 is 5.11 Å². The molecule has 0 aliphatic carbocycles. The molecule has 5 heteroatoms. The molecule has 4 nitrogen and oxygen atoms in total. The van der Waals surface area contributed by atoms with Gasteiger partial charge in [-0.1, -0.05) is 6.92 Å². The number of aliphatic hydroxyl groups is 1. The normalized spacial score (nSPS) is 12.5. The second-order valence-electron chi connectivity index (χ2n) is 3.62. The highest BCUT2D eigenvalue weighted by Crippen LogP contribution is 2.12. The quantitative estimate of drug-likeness (QED) is 0.806. The van der Waals surface area contributed by atoms with Crippen LogP contribution in [0.5, 0.6) is 0 Å². The fourth-order valence-electron chi connectivity index (χ4n) is 1.22. The Morgan fingerprint density at radius 2 is 2.27 bits per heavy atom. The van der Waals surface area contributed by atoms with E-state index in [1.54, 1.807) is 0 Å². The van der Waals surface area contributed by atoms with Crippen molar-refractivity contribution in [2.75, 3.05) is 18.5 Å². The molecule has 84 valence electrons. The topological polar surface area (TPSA) is 58.0 Å². The number of aliphatic hydroxyl groups excluding tert-OH is 1. The van der Waals surface area contributed by atoms with Gasteiger partial charge in [0.2, 0.25) is 0 Å². The molecule has 0 saturated carbocycles. The van der Waals surface area contributed by atoms with E-state index >= 15 is 0 Å². The maximum atomic E-state index is 8.76. The molecular formula is C10H16BrN3O. The third kappa shape index (κ3) is 4.57. The fourth-order valence-corrected chi connectivity index (χ4v) is 1.70. The second kappa shape index (κ2) is 6.02. The molecule has 0 saturated heterocycles. The van der Waals surface area contributed by atoms with Crippen LogP contribution in [0.3, 0.4) is 0 Å². The SMILES string of the molecule is Cc1nc(Br)cc(NCC(C)CCO)n1. The van der Waals surface area contributed by atoms with E-state index in [1.165, 1.54) is 0 Å². The van der Waals surface area contributed by atoms with Crippen LogP contribution in [0.15, 0.2) is 10.7 Å². The van der Waals surface area contributed by atoms with Gasteiger partial charge >= 0.3 is 0 Å². The van der Waals surface area contributed by atoms with E-state index in [0.29, 0.717) is 5.92 Å². The van der Waals surface area contributed by atoms with Crippen LogP contribution in [0.25, 0.3) is 0 Å². The number of rotatable bonds is 5. The van der Waals surface area contributed by atoms with Crippen LogP contribution in [0.1, 0.15) is 19.2 Å². The molecule has 1 rings (SSSR count). The van der Waals surface area contributed by atoms with E-state index in [4.69, 9.17) is 5.11 Å². The van der Waals surface area contributed by atoms with Crippen molar-refractivity contribution in [3.8, 4) is 0 Å². The van der Waals surface area contributed by atoms with Crippen LogP contribution in [-0.4, -0.2) is 28.2 Å². The number of halogens is 1. The maximum Gasteiger partial charge on any atom is 0.130 e. The van der Waals surface area contributed by atoms with E-state index in [0.717, 1.165) is 29.2 Å². The first-order valence-corrected chi connectivity index (χ1v) is 5.77. The minimum atomic E-state index is 0.231. The minimum Gasteiger partial charge on any atom is -0.396 e. The highest BCUT2D eigenvalue weighted by atomic mass is 79.9. The predicted octanol–water partition coefficient (Wildman–Crippen LogP) is 1.98. The Morgan fingerprint density at radius 3 is 2.87 bits per heavy atom. The maximum absolute atomic E-state index is 8.76. The Bertz CT molecular complexity index is 299. The first-order chi connectivity index (χ1) is 7.11. The summed E-state index contributed by atoms with van der Waals surface area (Å²) in [5, 5.41) is 12.0. The summed E-state index contributed by atoms with van der Waals surface area (Å²) in [5.74, 6) is 1.99. The van der Waals surface area contributed by atoms with Gasteiger partial charge < -0.3 is 10.4 Å². The van der Waals surface area contributed by atoms with E-state index in [9.17, 15) is 0 Å². The van der Waals surface area contributed by atoms with E-state index in [2.05, 4.69) is 38.1 Å². The van der Waals surface area contributed by atoms with Gasteiger partial charge in [-0.2, -0.15) is 0 Å². The van der Waals surface area contributed by atoms with Crippen molar-refractivity contribution in [2.45, 2.75) is 20.3 Å². The van der Waals surface area contributed by atoms with Crippen LogP contribution in [0.4, 0.5) is 5.82 Å². The summed E-state index contributed by atoms with van der Waals surface area (Å²) >= 11 is 3.32. The average molecular weight is 274 g/mol. The van der Waals surface area contributed by atoms with E-state index in [1.807, 2.05) is 13.0 Å². The lowest BCUT2D eigenvalue weighted by Crippen LogP contribution is -2.13. The van der Waals surface area contributed by atoms with E-state index < -0.39 is 0 Å². The van der Waals surface area contributed by atoms with Crippen LogP contribution in [0.2, 0.25) is 0 Å². The van der Waals surface area contributed by atoms with Crippen molar-refractivity contribution in [2.24, 2.45) is 5.92 Å². The first-order valence-electron chi connectivity index (χ1n) is 4.97. The summed E-state index contributed by atoms with van der Waals surface area (Å²) in [4.78, 5) is 8.37. The van der Waals surface area contributed by atoms with Crippen molar-refractivity contribution >= 4 is 21.7 Å². The molecule has 0 amide bonds. The molecule has 0 fully saturated rings. The van der Waals surface area contributed by atoms with Gasteiger partial charge in [0.15, 0.2) is 0 Å². The Morgan fingerprint density at radius 1 is 1.53 bits per heavy atom. The summed E-state index contributed by atoms with van der Waals surface area (Å²) in [7, 11) is 0. The highest BCUT2D eigenvalue weighted by Gasteiger charge is 2.03. The van der Waals surface area contributed by atoms with Gasteiger partial charge in [-0.3, -0.25) is 0 Å². The van der Waals surface area contributed by atoms with Crippen molar-refractivity contribution in [3.63, 3.8) is 0 Å². The Kier molecular flexibility index (Phi) is 4.98. The van der Waals surface area contributed by atoms with Crippen LogP contribution in [-0.2, 0) is 0 Å². The number of aromatic nitrogens is 2. The predicted molar refractivity (Wildman–Crippen MR) is 63.8 cm³/mol. The lowest BCUT2D eigenvalue weighted by atomic mass is 10.1. The largest absolute Gasteiger partial charge is 0.396 e.